The number of aromatic nitrogens is 2. The van der Waals surface area contributed by atoms with Crippen LogP contribution in [0, 0.1) is 0 Å². The van der Waals surface area contributed by atoms with Gasteiger partial charge < -0.3 is 14.6 Å². The van der Waals surface area contributed by atoms with Crippen molar-refractivity contribution in [2.75, 3.05) is 13.7 Å². The SMILES string of the molecule is COCC(=O)NCc1nc2ccccc2n1C(C)C(C)=O. The van der Waals surface area contributed by atoms with Crippen LogP contribution in [0.2, 0.25) is 0 Å². The Morgan fingerprint density at radius 1 is 1.38 bits per heavy atom. The molecule has 0 fully saturated rings. The number of nitrogens with zero attached hydrogens (tertiary/aromatic N) is 2. The van der Waals surface area contributed by atoms with E-state index in [2.05, 4.69) is 10.3 Å². The maximum absolute atomic E-state index is 11.7. The molecule has 0 radical (unpaired) electrons. The van der Waals surface area contributed by atoms with Crippen LogP contribution < -0.4 is 5.32 Å². The van der Waals surface area contributed by atoms with Gasteiger partial charge in [0.15, 0.2) is 5.78 Å². The zero-order valence-electron chi connectivity index (χ0n) is 12.4. The fraction of sp³-hybridized carbons (Fsp3) is 0.400. The van der Waals surface area contributed by atoms with Gasteiger partial charge in [-0.3, -0.25) is 9.59 Å². The van der Waals surface area contributed by atoms with Gasteiger partial charge in [0.25, 0.3) is 0 Å². The van der Waals surface area contributed by atoms with Crippen LogP contribution >= 0.6 is 0 Å². The van der Waals surface area contributed by atoms with E-state index in [0.717, 1.165) is 11.0 Å². The van der Waals surface area contributed by atoms with E-state index < -0.39 is 0 Å². The minimum atomic E-state index is -0.327. The highest BCUT2D eigenvalue weighted by Gasteiger charge is 2.18. The van der Waals surface area contributed by atoms with Gasteiger partial charge in [0, 0.05) is 7.11 Å². The van der Waals surface area contributed by atoms with Crippen molar-refractivity contribution in [3.8, 4) is 0 Å². The molecule has 1 aromatic heterocycles. The lowest BCUT2D eigenvalue weighted by molar-refractivity contribution is -0.124. The number of benzene rings is 1. The van der Waals surface area contributed by atoms with E-state index in [-0.39, 0.29) is 30.9 Å². The summed E-state index contributed by atoms with van der Waals surface area (Å²) in [7, 11) is 1.46. The van der Waals surface area contributed by atoms with Crippen molar-refractivity contribution >= 4 is 22.7 Å². The van der Waals surface area contributed by atoms with Gasteiger partial charge in [-0.1, -0.05) is 12.1 Å². The maximum atomic E-state index is 11.7. The summed E-state index contributed by atoms with van der Waals surface area (Å²) in [6, 6.07) is 7.28. The predicted molar refractivity (Wildman–Crippen MR) is 78.8 cm³/mol. The molecule has 6 heteroatoms. The van der Waals surface area contributed by atoms with Crippen molar-refractivity contribution < 1.29 is 14.3 Å². The summed E-state index contributed by atoms with van der Waals surface area (Å²) in [5, 5.41) is 2.74. The molecule has 1 heterocycles. The highest BCUT2D eigenvalue weighted by Crippen LogP contribution is 2.21. The first-order valence-electron chi connectivity index (χ1n) is 6.76. The molecule has 1 atom stereocenters. The van der Waals surface area contributed by atoms with Crippen LogP contribution in [0.25, 0.3) is 11.0 Å². The second-order valence-corrected chi connectivity index (χ2v) is 4.88. The quantitative estimate of drug-likeness (QED) is 0.873. The van der Waals surface area contributed by atoms with Crippen LogP contribution in [0.1, 0.15) is 25.7 Å². The highest BCUT2D eigenvalue weighted by atomic mass is 16.5. The van der Waals surface area contributed by atoms with Gasteiger partial charge in [-0.2, -0.15) is 0 Å². The molecule has 1 unspecified atom stereocenters. The summed E-state index contributed by atoms with van der Waals surface area (Å²) in [6.45, 7) is 3.64. The normalized spacial score (nSPS) is 12.3. The molecule has 0 bridgehead atoms. The second kappa shape index (κ2) is 6.49. The molecule has 2 rings (SSSR count). The van der Waals surface area contributed by atoms with E-state index in [4.69, 9.17) is 4.74 Å². The fourth-order valence-corrected chi connectivity index (χ4v) is 2.19. The van der Waals surface area contributed by atoms with Gasteiger partial charge in [0.1, 0.15) is 12.4 Å². The lowest BCUT2D eigenvalue weighted by atomic mass is 10.2. The molecule has 0 aliphatic carbocycles. The Morgan fingerprint density at radius 3 is 2.76 bits per heavy atom. The van der Waals surface area contributed by atoms with Gasteiger partial charge in [0.05, 0.1) is 23.6 Å². The predicted octanol–water partition coefficient (Wildman–Crippen LogP) is 1.45. The molecule has 0 aliphatic rings. The van der Waals surface area contributed by atoms with Crippen LogP contribution in [0.3, 0.4) is 0 Å². The number of rotatable bonds is 6. The van der Waals surface area contributed by atoms with E-state index in [1.54, 1.807) is 6.92 Å². The number of Topliss-reactive ketones (excluding diaryl/α,β-unsaturated/α-hetero) is 1. The van der Waals surface area contributed by atoms with Crippen LogP contribution in [0.4, 0.5) is 0 Å². The molecule has 112 valence electrons. The van der Waals surface area contributed by atoms with Crippen LogP contribution in [-0.4, -0.2) is 35.0 Å². The molecule has 0 saturated carbocycles. The molecule has 0 spiro atoms. The molecule has 6 nitrogen and oxygen atoms in total. The number of carbonyl (C=O) groups is 2. The molecule has 2 aromatic rings. The summed E-state index contributed by atoms with van der Waals surface area (Å²) in [6.07, 6.45) is 0. The third-order valence-corrected chi connectivity index (χ3v) is 3.36. The summed E-state index contributed by atoms with van der Waals surface area (Å²) in [5.41, 5.74) is 1.69. The first kappa shape index (κ1) is 15.2. The number of ketones is 1. The number of methoxy groups -OCH3 is 1. The minimum absolute atomic E-state index is 0.00247. The molecule has 1 amide bonds. The minimum Gasteiger partial charge on any atom is -0.375 e. The molecule has 0 aliphatic heterocycles. The molecular weight excluding hydrogens is 270 g/mol. The first-order chi connectivity index (χ1) is 10.0. The van der Waals surface area contributed by atoms with Crippen LogP contribution in [-0.2, 0) is 20.9 Å². The Labute approximate surface area is 123 Å². The zero-order valence-corrected chi connectivity index (χ0v) is 12.4. The summed E-state index contributed by atoms with van der Waals surface area (Å²) in [5.74, 6) is 0.484. The summed E-state index contributed by atoms with van der Waals surface area (Å²) >= 11 is 0. The Kier molecular flexibility index (Phi) is 4.70. The number of ether oxygens (including phenoxy) is 1. The van der Waals surface area contributed by atoms with Crippen LogP contribution in [0.5, 0.6) is 0 Å². The maximum Gasteiger partial charge on any atom is 0.246 e. The second-order valence-electron chi connectivity index (χ2n) is 4.88. The first-order valence-corrected chi connectivity index (χ1v) is 6.76. The van der Waals surface area contributed by atoms with Gasteiger partial charge in [-0.25, -0.2) is 4.98 Å². The Bertz CT molecular complexity index is 663. The average molecular weight is 289 g/mol. The van der Waals surface area contributed by atoms with Crippen molar-refractivity contribution in [3.05, 3.63) is 30.1 Å². The molecule has 0 saturated heterocycles. The zero-order chi connectivity index (χ0) is 15.4. The monoisotopic (exact) mass is 289 g/mol. The number of hydrogen-bond acceptors (Lipinski definition) is 4. The number of nitrogens with one attached hydrogen (secondary N) is 1. The van der Waals surface area contributed by atoms with Crippen molar-refractivity contribution in [2.45, 2.75) is 26.4 Å². The number of carbonyl (C=O) groups excluding carboxylic acids is 2. The number of imidazole rings is 1. The Hall–Kier alpha value is -2.21. The highest BCUT2D eigenvalue weighted by molar-refractivity contribution is 5.84. The van der Waals surface area contributed by atoms with Crippen LogP contribution in [0.15, 0.2) is 24.3 Å². The van der Waals surface area contributed by atoms with Gasteiger partial charge >= 0.3 is 0 Å². The van der Waals surface area contributed by atoms with Crippen molar-refractivity contribution in [1.29, 1.82) is 0 Å². The van der Waals surface area contributed by atoms with E-state index >= 15 is 0 Å². The van der Waals surface area contributed by atoms with E-state index in [1.807, 2.05) is 35.8 Å². The third-order valence-electron chi connectivity index (χ3n) is 3.36. The Balaban J connectivity index is 2.35. The summed E-state index contributed by atoms with van der Waals surface area (Å²) < 4.78 is 6.64. The standard InChI is InChI=1S/C15H19N3O3/c1-10(11(2)19)18-13-7-5-4-6-12(13)17-14(18)8-16-15(20)9-21-3/h4-7,10H,8-9H2,1-3H3,(H,16,20). The largest absolute Gasteiger partial charge is 0.375 e. The fourth-order valence-electron chi connectivity index (χ4n) is 2.19. The number of fused-ring (bicyclic) bond motifs is 1. The summed E-state index contributed by atoms with van der Waals surface area (Å²) in [4.78, 5) is 27.7. The lowest BCUT2D eigenvalue weighted by Crippen LogP contribution is -2.29. The van der Waals surface area contributed by atoms with Gasteiger partial charge in [-0.05, 0) is 26.0 Å². The lowest BCUT2D eigenvalue weighted by Gasteiger charge is -2.15. The van der Waals surface area contributed by atoms with Gasteiger partial charge in [0.2, 0.25) is 5.91 Å². The molecule has 21 heavy (non-hydrogen) atoms. The van der Waals surface area contributed by atoms with E-state index in [1.165, 1.54) is 7.11 Å². The van der Waals surface area contributed by atoms with Crippen molar-refractivity contribution in [3.63, 3.8) is 0 Å². The van der Waals surface area contributed by atoms with E-state index in [9.17, 15) is 9.59 Å². The molecule has 1 N–H and O–H groups in total. The van der Waals surface area contributed by atoms with E-state index in [0.29, 0.717) is 5.82 Å². The van der Waals surface area contributed by atoms with Gasteiger partial charge in [-0.15, -0.1) is 0 Å². The average Bonchev–Trinajstić information content (AvgIpc) is 2.82. The topological polar surface area (TPSA) is 73.2 Å². The smallest absolute Gasteiger partial charge is 0.246 e. The van der Waals surface area contributed by atoms with Crippen molar-refractivity contribution in [2.24, 2.45) is 0 Å². The molecule has 1 aromatic carbocycles. The number of para-hydroxylation sites is 2. The third kappa shape index (κ3) is 3.28. The Morgan fingerprint density at radius 2 is 2.10 bits per heavy atom. The van der Waals surface area contributed by atoms with Crippen molar-refractivity contribution in [1.82, 2.24) is 14.9 Å². The number of amides is 1. The molecular formula is C15H19N3O3. The number of hydrogen-bond donors (Lipinski definition) is 1.